The van der Waals surface area contributed by atoms with E-state index < -0.39 is 59.1 Å². The van der Waals surface area contributed by atoms with Crippen LogP contribution in [0.4, 0.5) is 8.78 Å². The van der Waals surface area contributed by atoms with Gasteiger partial charge in [-0.15, -0.1) is 0 Å². The molecule has 2 aromatic carbocycles. The van der Waals surface area contributed by atoms with Crippen molar-refractivity contribution in [2.75, 3.05) is 19.8 Å². The van der Waals surface area contributed by atoms with Gasteiger partial charge < -0.3 is 26.0 Å². The third-order valence-corrected chi connectivity index (χ3v) is 8.90. The molecule has 40 heavy (non-hydrogen) atoms. The molecule has 11 heteroatoms. The Kier molecular flexibility index (Phi) is 10.9. The lowest BCUT2D eigenvalue weighted by molar-refractivity contribution is -0.123. The average Bonchev–Trinajstić information content (AvgIpc) is 3.27. The van der Waals surface area contributed by atoms with E-state index in [0.29, 0.717) is 12.8 Å². The molecule has 5 atom stereocenters. The van der Waals surface area contributed by atoms with Crippen molar-refractivity contribution in [2.24, 2.45) is 5.41 Å². The van der Waals surface area contributed by atoms with Gasteiger partial charge in [0.15, 0.2) is 0 Å². The minimum atomic E-state index is -1.82. The number of nitrogens with one attached hydrogen (secondary N) is 2. The van der Waals surface area contributed by atoms with Crippen LogP contribution in [0.5, 0.6) is 0 Å². The quantitative estimate of drug-likeness (QED) is 0.250. The van der Waals surface area contributed by atoms with E-state index in [2.05, 4.69) is 16.7 Å². The van der Waals surface area contributed by atoms with E-state index in [1.54, 1.807) is 0 Å². The Bertz CT molecular complexity index is 1230. The predicted molar refractivity (Wildman–Crippen MR) is 149 cm³/mol. The number of amides is 1. The van der Waals surface area contributed by atoms with Gasteiger partial charge in [-0.3, -0.25) is 4.79 Å². The average molecular weight is 599 g/mol. The van der Waals surface area contributed by atoms with Crippen LogP contribution in [0.3, 0.4) is 0 Å². The lowest BCUT2D eigenvalue weighted by atomic mass is 9.61. The van der Waals surface area contributed by atoms with Crippen LogP contribution >= 0.6 is 23.2 Å². The molecule has 7 nitrogen and oxygen atoms in total. The fraction of sp³-hybridized carbons (Fsp3) is 0.517. The van der Waals surface area contributed by atoms with Crippen molar-refractivity contribution >= 4 is 29.1 Å². The number of nitrogens with zero attached hydrogens (tertiary/aromatic N) is 1. The number of hydrogen-bond donors (Lipinski definition) is 5. The molecule has 2 aromatic rings. The summed E-state index contributed by atoms with van der Waals surface area (Å²) in [6.45, 7) is 3.09. The number of halogens is 4. The molecule has 0 spiro atoms. The van der Waals surface area contributed by atoms with E-state index in [0.717, 1.165) is 6.07 Å². The highest BCUT2D eigenvalue weighted by molar-refractivity contribution is 6.31. The highest BCUT2D eigenvalue weighted by Crippen LogP contribution is 2.53. The minimum Gasteiger partial charge on any atom is -0.396 e. The molecule has 1 fully saturated rings. The fourth-order valence-electron chi connectivity index (χ4n) is 5.77. The molecule has 1 saturated heterocycles. The number of carbonyl (C=O) groups is 1. The molecule has 0 unspecified atom stereocenters. The van der Waals surface area contributed by atoms with Crippen molar-refractivity contribution in [3.63, 3.8) is 0 Å². The zero-order valence-corrected chi connectivity index (χ0v) is 23.9. The lowest BCUT2D eigenvalue weighted by Crippen LogP contribution is -2.47. The van der Waals surface area contributed by atoms with E-state index in [9.17, 15) is 20.3 Å². The molecule has 1 heterocycles. The maximum atomic E-state index is 15.7. The predicted octanol–water partition coefficient (Wildman–Crippen LogP) is 4.21. The molecule has 0 saturated carbocycles. The van der Waals surface area contributed by atoms with Gasteiger partial charge in [0.05, 0.1) is 29.8 Å². The zero-order valence-electron chi connectivity index (χ0n) is 22.4. The SMILES string of the molecule is CCC(CC)(CO)C[C@@H]1N[C@@H](C(=O)NCC[C@H](O)CO)[C@H](c2cccc(Cl)c2F)[C@@]1(C#N)c1ccc(Cl)cc1F. The molecule has 1 aliphatic rings. The van der Waals surface area contributed by atoms with Crippen LogP contribution in [-0.4, -0.2) is 59.2 Å². The van der Waals surface area contributed by atoms with Gasteiger partial charge in [-0.2, -0.15) is 5.26 Å². The van der Waals surface area contributed by atoms with Crippen LogP contribution in [0.2, 0.25) is 10.0 Å². The highest BCUT2D eigenvalue weighted by Gasteiger charge is 2.61. The molecule has 0 aromatic heterocycles. The molecular weight excluding hydrogens is 563 g/mol. The normalized spacial score (nSPS) is 23.6. The summed E-state index contributed by atoms with van der Waals surface area (Å²) in [7, 11) is 0. The van der Waals surface area contributed by atoms with Crippen LogP contribution in [0, 0.1) is 28.4 Å². The molecule has 218 valence electrons. The van der Waals surface area contributed by atoms with Crippen molar-refractivity contribution in [3.8, 4) is 6.07 Å². The van der Waals surface area contributed by atoms with Crippen LogP contribution in [0.1, 0.15) is 56.6 Å². The standard InChI is InChI=1S/C29H35Cl2F2N3O4/c1-3-28(4-2,16-38)13-23-29(15-34,20-9-8-17(30)12-22(20)32)24(19-6-5-7-21(31)25(19)33)26(36-23)27(40)35-11-10-18(39)14-37/h5-9,12,18,23-24,26,36-39H,3-4,10-11,13-14,16H2,1-2H3,(H,35,40)/t18-,23-,24-,26+,29-/m0/s1. The van der Waals surface area contributed by atoms with E-state index in [-0.39, 0.29) is 47.2 Å². The van der Waals surface area contributed by atoms with Gasteiger partial charge in [0.1, 0.15) is 17.0 Å². The maximum absolute atomic E-state index is 15.7. The Morgan fingerprint density at radius 3 is 2.50 bits per heavy atom. The molecule has 0 bridgehead atoms. The summed E-state index contributed by atoms with van der Waals surface area (Å²) in [5.74, 6) is -3.47. The first-order valence-corrected chi connectivity index (χ1v) is 14.0. The molecule has 0 aliphatic carbocycles. The summed E-state index contributed by atoms with van der Waals surface area (Å²) in [4.78, 5) is 13.6. The topological polar surface area (TPSA) is 126 Å². The molecular formula is C29H35Cl2F2N3O4. The van der Waals surface area contributed by atoms with E-state index in [4.69, 9.17) is 28.3 Å². The van der Waals surface area contributed by atoms with Gasteiger partial charge >= 0.3 is 0 Å². The Morgan fingerprint density at radius 2 is 1.93 bits per heavy atom. The number of benzene rings is 2. The van der Waals surface area contributed by atoms with Crippen LogP contribution in [0.25, 0.3) is 0 Å². The molecule has 3 rings (SSSR count). The molecule has 5 N–H and O–H groups in total. The largest absolute Gasteiger partial charge is 0.396 e. The van der Waals surface area contributed by atoms with E-state index >= 15 is 8.78 Å². The Hall–Kier alpha value is -2.32. The van der Waals surface area contributed by atoms with E-state index in [1.165, 1.54) is 30.3 Å². The number of nitriles is 1. The first kappa shape index (κ1) is 32.2. The summed E-state index contributed by atoms with van der Waals surface area (Å²) in [5.41, 5.74) is -2.60. The van der Waals surface area contributed by atoms with Gasteiger partial charge in [-0.25, -0.2) is 8.78 Å². The fourth-order valence-corrected chi connectivity index (χ4v) is 6.11. The van der Waals surface area contributed by atoms with Gasteiger partial charge in [0, 0.05) is 35.7 Å². The van der Waals surface area contributed by atoms with Crippen LogP contribution in [-0.2, 0) is 10.2 Å². The van der Waals surface area contributed by atoms with Gasteiger partial charge in [-0.05, 0) is 54.9 Å². The third-order valence-electron chi connectivity index (χ3n) is 8.38. The highest BCUT2D eigenvalue weighted by atomic mass is 35.5. The Labute approximate surface area is 243 Å². The maximum Gasteiger partial charge on any atom is 0.237 e. The molecule has 1 aliphatic heterocycles. The second kappa shape index (κ2) is 13.6. The first-order valence-electron chi connectivity index (χ1n) is 13.3. The van der Waals surface area contributed by atoms with Crippen molar-refractivity contribution in [3.05, 3.63) is 69.2 Å². The van der Waals surface area contributed by atoms with Gasteiger partial charge in [0.25, 0.3) is 0 Å². The number of carbonyl (C=O) groups excluding carboxylic acids is 1. The first-order chi connectivity index (χ1) is 19.0. The summed E-state index contributed by atoms with van der Waals surface area (Å²) < 4.78 is 31.4. The van der Waals surface area contributed by atoms with Gasteiger partial charge in [0.2, 0.25) is 5.91 Å². The van der Waals surface area contributed by atoms with Crippen molar-refractivity contribution in [1.29, 1.82) is 5.26 Å². The number of hydrogen-bond acceptors (Lipinski definition) is 6. The second-order valence-corrected chi connectivity index (χ2v) is 11.3. The molecule has 1 amide bonds. The summed E-state index contributed by atoms with van der Waals surface area (Å²) in [5, 5.41) is 45.9. The molecule has 0 radical (unpaired) electrons. The van der Waals surface area contributed by atoms with Crippen LogP contribution < -0.4 is 10.6 Å². The number of rotatable bonds is 12. The van der Waals surface area contributed by atoms with Crippen LogP contribution in [0.15, 0.2) is 36.4 Å². The third kappa shape index (κ3) is 6.13. The minimum absolute atomic E-state index is 0.00644. The van der Waals surface area contributed by atoms with E-state index in [1.807, 2.05) is 13.8 Å². The van der Waals surface area contributed by atoms with Crippen molar-refractivity contribution < 1.29 is 28.9 Å². The zero-order chi connectivity index (χ0) is 29.7. The Morgan fingerprint density at radius 1 is 1.23 bits per heavy atom. The monoisotopic (exact) mass is 597 g/mol. The summed E-state index contributed by atoms with van der Waals surface area (Å²) in [6, 6.07) is 8.29. The van der Waals surface area contributed by atoms with Crippen molar-refractivity contribution in [2.45, 2.75) is 69.1 Å². The number of aliphatic hydroxyl groups is 3. The smallest absolute Gasteiger partial charge is 0.237 e. The lowest BCUT2D eigenvalue weighted by Gasteiger charge is -2.40. The number of aliphatic hydroxyl groups excluding tert-OH is 3. The summed E-state index contributed by atoms with van der Waals surface area (Å²) in [6.07, 6.45) is 0.261. The Balaban J connectivity index is 2.28. The second-order valence-electron chi connectivity index (χ2n) is 10.4. The van der Waals surface area contributed by atoms with Gasteiger partial charge in [-0.1, -0.05) is 55.2 Å². The summed E-state index contributed by atoms with van der Waals surface area (Å²) >= 11 is 12.2. The van der Waals surface area contributed by atoms with Crippen molar-refractivity contribution in [1.82, 2.24) is 10.6 Å².